The number of nitrogens with zero attached hydrogens (tertiary/aromatic N) is 1. The van der Waals surface area contributed by atoms with Crippen LogP contribution in [-0.4, -0.2) is 60.4 Å². The lowest BCUT2D eigenvalue weighted by molar-refractivity contribution is -0.950. The number of likely N-dealkylation sites (tertiary alicyclic amines) is 1. The molecule has 2 saturated carbocycles. The quantitative estimate of drug-likeness (QED) is 0.827. The van der Waals surface area contributed by atoms with Gasteiger partial charge in [0.05, 0.1) is 32.7 Å². The van der Waals surface area contributed by atoms with Gasteiger partial charge in [-0.2, -0.15) is 0 Å². The largest absolute Gasteiger partial charge is 0.493 e. The lowest BCUT2D eigenvalue weighted by Gasteiger charge is -2.64. The highest BCUT2D eigenvalue weighted by atomic mass is 16.5. The van der Waals surface area contributed by atoms with Gasteiger partial charge < -0.3 is 19.1 Å². The highest BCUT2D eigenvalue weighted by Crippen LogP contribution is 2.66. The van der Waals surface area contributed by atoms with E-state index in [2.05, 4.69) is 13.1 Å². The Hall–Kier alpha value is -1.59. The molecule has 3 aliphatic carbocycles. The van der Waals surface area contributed by atoms with E-state index in [9.17, 15) is 9.90 Å². The minimum atomic E-state index is -0.877. The molecule has 2 aliphatic heterocycles. The van der Waals surface area contributed by atoms with E-state index in [1.54, 1.807) is 7.11 Å². The zero-order valence-corrected chi connectivity index (χ0v) is 16.2. The van der Waals surface area contributed by atoms with Crippen LogP contribution in [0.2, 0.25) is 0 Å². The van der Waals surface area contributed by atoms with Gasteiger partial charge in [0.2, 0.25) is 0 Å². The number of rotatable bonds is 3. The summed E-state index contributed by atoms with van der Waals surface area (Å²) < 4.78 is 12.8. The highest BCUT2D eigenvalue weighted by Gasteiger charge is 2.76. The summed E-state index contributed by atoms with van der Waals surface area (Å²) in [4.78, 5) is 12.9. The first-order valence-corrected chi connectivity index (χ1v) is 10.4. The maximum Gasteiger partial charge on any atom is 0.174 e. The minimum absolute atomic E-state index is 0.137. The number of carbonyl (C=O) groups excluding carboxylic acids is 1. The van der Waals surface area contributed by atoms with Crippen LogP contribution in [0.4, 0.5) is 0 Å². The molecule has 5 nitrogen and oxygen atoms in total. The number of likely N-dealkylation sites (N-methyl/N-ethyl adjacent to an activating group) is 1. The summed E-state index contributed by atoms with van der Waals surface area (Å²) in [6.07, 6.45) is 4.74. The molecule has 0 amide bonds. The van der Waals surface area contributed by atoms with Crippen LogP contribution < -0.4 is 9.47 Å². The standard InChI is InChI=1S/C22H28NO4/c1-23(12-13-3-4-13)10-9-21-18-14-5-6-16(26-2)19(18)27-20(21)15(24)7-8-22(21,25)17(23)11-14/h5-6,13,17,20,25H,3-4,7-12H2,1-2H3/q+1/t17?,20-,21-,22+,23+/m1/s1. The van der Waals surface area contributed by atoms with Gasteiger partial charge in [0, 0.05) is 30.7 Å². The average molecular weight is 370 g/mol. The number of ketones is 1. The number of hydrogen-bond acceptors (Lipinski definition) is 4. The van der Waals surface area contributed by atoms with Crippen LogP contribution in [-0.2, 0) is 16.6 Å². The Morgan fingerprint density at radius 3 is 2.89 bits per heavy atom. The Labute approximate surface area is 159 Å². The number of piperidine rings is 1. The van der Waals surface area contributed by atoms with Crippen molar-refractivity contribution in [3.63, 3.8) is 0 Å². The van der Waals surface area contributed by atoms with Crippen LogP contribution in [0.15, 0.2) is 12.1 Å². The summed E-state index contributed by atoms with van der Waals surface area (Å²) in [5, 5.41) is 12.3. The third kappa shape index (κ3) is 1.76. The van der Waals surface area contributed by atoms with Crippen LogP contribution in [0, 0.1) is 5.92 Å². The summed E-state index contributed by atoms with van der Waals surface area (Å²) in [5.41, 5.74) is 0.859. The van der Waals surface area contributed by atoms with E-state index in [-0.39, 0.29) is 11.8 Å². The summed E-state index contributed by atoms with van der Waals surface area (Å²) in [6, 6.07) is 4.25. The average Bonchev–Trinajstić information content (AvgIpc) is 3.37. The number of methoxy groups -OCH3 is 1. The fourth-order valence-corrected chi connectivity index (χ4v) is 7.09. The molecule has 1 N–H and O–H groups in total. The predicted octanol–water partition coefficient (Wildman–Crippen LogP) is 1.97. The van der Waals surface area contributed by atoms with Gasteiger partial charge in [-0.25, -0.2) is 0 Å². The van der Waals surface area contributed by atoms with E-state index in [1.165, 1.54) is 18.4 Å². The molecule has 1 saturated heterocycles. The van der Waals surface area contributed by atoms with Gasteiger partial charge in [0.15, 0.2) is 23.4 Å². The Morgan fingerprint density at radius 2 is 2.15 bits per heavy atom. The topological polar surface area (TPSA) is 55.8 Å². The normalized spacial score (nSPS) is 43.9. The first-order valence-electron chi connectivity index (χ1n) is 10.4. The summed E-state index contributed by atoms with van der Waals surface area (Å²) in [5.74, 6) is 2.35. The van der Waals surface area contributed by atoms with Crippen molar-refractivity contribution in [1.82, 2.24) is 0 Å². The van der Waals surface area contributed by atoms with E-state index < -0.39 is 17.1 Å². The molecule has 5 atom stereocenters. The summed E-state index contributed by atoms with van der Waals surface area (Å²) >= 11 is 0. The minimum Gasteiger partial charge on any atom is -0.493 e. The zero-order chi connectivity index (χ0) is 18.6. The van der Waals surface area contributed by atoms with Crippen LogP contribution in [0.1, 0.15) is 43.2 Å². The fourth-order valence-electron chi connectivity index (χ4n) is 7.09. The number of Topliss-reactive ketones (excluding diaryl/α,β-unsaturated/α-hetero) is 1. The highest BCUT2D eigenvalue weighted by molar-refractivity contribution is 5.90. The van der Waals surface area contributed by atoms with E-state index in [0.717, 1.165) is 41.9 Å². The third-order valence-corrected chi connectivity index (χ3v) is 8.48. The summed E-state index contributed by atoms with van der Waals surface area (Å²) in [7, 11) is 3.98. The van der Waals surface area contributed by atoms with Gasteiger partial charge in [-0.05, 0) is 30.9 Å². The fraction of sp³-hybridized carbons (Fsp3) is 0.682. The molecule has 1 unspecified atom stereocenters. The molecule has 6 rings (SSSR count). The van der Waals surface area contributed by atoms with Crippen molar-refractivity contribution < 1.29 is 23.9 Å². The molecule has 0 aromatic heterocycles. The molecule has 0 radical (unpaired) electrons. The zero-order valence-electron chi connectivity index (χ0n) is 16.2. The predicted molar refractivity (Wildman–Crippen MR) is 99.0 cm³/mol. The smallest absolute Gasteiger partial charge is 0.174 e. The number of benzene rings is 1. The second-order valence-electron chi connectivity index (χ2n) is 9.79. The molecule has 2 bridgehead atoms. The van der Waals surface area contributed by atoms with Gasteiger partial charge in [-0.15, -0.1) is 0 Å². The van der Waals surface area contributed by atoms with Crippen LogP contribution >= 0.6 is 0 Å². The molecule has 2 heterocycles. The molecule has 5 aliphatic rings. The monoisotopic (exact) mass is 370 g/mol. The first kappa shape index (κ1) is 16.4. The van der Waals surface area contributed by atoms with Crippen molar-refractivity contribution in [3.05, 3.63) is 23.3 Å². The molecule has 1 aromatic rings. The van der Waals surface area contributed by atoms with Crippen molar-refractivity contribution in [2.75, 3.05) is 27.2 Å². The van der Waals surface area contributed by atoms with Crippen molar-refractivity contribution in [2.45, 2.75) is 61.7 Å². The number of ether oxygens (including phenoxy) is 2. The lowest BCUT2D eigenvalue weighted by atomic mass is 9.48. The van der Waals surface area contributed by atoms with Crippen molar-refractivity contribution in [2.24, 2.45) is 5.92 Å². The summed E-state index contributed by atoms with van der Waals surface area (Å²) in [6.45, 7) is 2.16. The van der Waals surface area contributed by atoms with Crippen molar-refractivity contribution in [1.29, 1.82) is 0 Å². The van der Waals surface area contributed by atoms with Gasteiger partial charge >= 0.3 is 0 Å². The molecular weight excluding hydrogens is 342 g/mol. The Bertz CT molecular complexity index is 864. The van der Waals surface area contributed by atoms with Gasteiger partial charge in [0.1, 0.15) is 11.6 Å². The number of quaternary nitrogens is 1. The van der Waals surface area contributed by atoms with Crippen molar-refractivity contribution >= 4 is 5.78 Å². The third-order valence-electron chi connectivity index (χ3n) is 8.48. The van der Waals surface area contributed by atoms with Crippen LogP contribution in [0.5, 0.6) is 11.5 Å². The van der Waals surface area contributed by atoms with Crippen molar-refractivity contribution in [3.8, 4) is 11.5 Å². The van der Waals surface area contributed by atoms with E-state index in [4.69, 9.17) is 9.47 Å². The Morgan fingerprint density at radius 1 is 1.33 bits per heavy atom. The first-order chi connectivity index (χ1) is 12.9. The van der Waals surface area contributed by atoms with Gasteiger partial charge in [-0.3, -0.25) is 4.79 Å². The van der Waals surface area contributed by atoms with Gasteiger partial charge in [0.25, 0.3) is 0 Å². The molecule has 1 spiro atoms. The SMILES string of the molecule is COc1ccc2c3c1O[C@@H]1C(=O)CC[C@]4(O)C(C2)[N@+](C)(CC2CC2)CC[C@@]314. The molecule has 3 fully saturated rings. The Kier molecular flexibility index (Phi) is 2.95. The molecule has 1 aromatic carbocycles. The Balaban J connectivity index is 1.59. The number of hydrogen-bond donors (Lipinski definition) is 1. The van der Waals surface area contributed by atoms with E-state index in [1.807, 2.05) is 6.07 Å². The van der Waals surface area contributed by atoms with E-state index >= 15 is 0 Å². The lowest BCUT2D eigenvalue weighted by Crippen LogP contribution is -2.80. The maximum atomic E-state index is 12.9. The second kappa shape index (κ2) is 4.87. The van der Waals surface area contributed by atoms with E-state index in [0.29, 0.717) is 24.3 Å². The number of aliphatic hydroxyl groups is 1. The molecule has 27 heavy (non-hydrogen) atoms. The van der Waals surface area contributed by atoms with Crippen LogP contribution in [0.25, 0.3) is 0 Å². The molecule has 144 valence electrons. The second-order valence-corrected chi connectivity index (χ2v) is 9.79. The molecular formula is C22H28NO4+. The number of carbonyl (C=O) groups is 1. The molecule has 5 heteroatoms. The maximum absolute atomic E-state index is 12.9. The van der Waals surface area contributed by atoms with Crippen LogP contribution in [0.3, 0.4) is 0 Å². The van der Waals surface area contributed by atoms with Gasteiger partial charge in [-0.1, -0.05) is 6.07 Å².